The Bertz CT molecular complexity index is 724. The number of imidazole rings is 1. The number of furan rings is 1. The molecule has 6 heteroatoms. The number of aryl methyl sites for hydroxylation is 1. The van der Waals surface area contributed by atoms with Gasteiger partial charge in [-0.3, -0.25) is 9.69 Å². The molecule has 0 unspecified atom stereocenters. The first-order chi connectivity index (χ1) is 12.2. The molecule has 134 valence electrons. The molecule has 3 heterocycles. The van der Waals surface area contributed by atoms with E-state index in [1.807, 2.05) is 31.7 Å². The van der Waals surface area contributed by atoms with Gasteiger partial charge in [0, 0.05) is 32.3 Å². The Morgan fingerprint density at radius 1 is 1.48 bits per heavy atom. The van der Waals surface area contributed by atoms with Crippen LogP contribution in [0.5, 0.6) is 0 Å². The highest BCUT2D eigenvalue weighted by Crippen LogP contribution is 2.50. The molecule has 2 atom stereocenters. The van der Waals surface area contributed by atoms with E-state index in [0.29, 0.717) is 6.54 Å². The average molecular weight is 342 g/mol. The van der Waals surface area contributed by atoms with Crippen molar-refractivity contribution in [2.75, 3.05) is 13.1 Å². The Balaban J connectivity index is 1.38. The van der Waals surface area contributed by atoms with Crippen LogP contribution >= 0.6 is 0 Å². The number of aromatic nitrogens is 2. The number of rotatable bonds is 5. The number of likely N-dealkylation sites (tertiary alicyclic amines) is 1. The molecule has 25 heavy (non-hydrogen) atoms. The van der Waals surface area contributed by atoms with Gasteiger partial charge in [0.15, 0.2) is 0 Å². The molecule has 0 bridgehead atoms. The van der Waals surface area contributed by atoms with Crippen LogP contribution in [0.3, 0.4) is 0 Å². The molecule has 1 saturated carbocycles. The molecular weight excluding hydrogens is 316 g/mol. The fourth-order valence-electron chi connectivity index (χ4n) is 4.63. The number of nitrogens with one attached hydrogen (secondary N) is 1. The van der Waals surface area contributed by atoms with Crippen molar-refractivity contribution in [3.8, 4) is 0 Å². The van der Waals surface area contributed by atoms with Crippen LogP contribution < -0.4 is 5.32 Å². The summed E-state index contributed by atoms with van der Waals surface area (Å²) in [6.45, 7) is 3.47. The van der Waals surface area contributed by atoms with Gasteiger partial charge in [0.25, 0.3) is 0 Å². The van der Waals surface area contributed by atoms with E-state index >= 15 is 0 Å². The minimum Gasteiger partial charge on any atom is -0.467 e. The second-order valence-electron chi connectivity index (χ2n) is 7.56. The average Bonchev–Trinajstić information content (AvgIpc) is 3.38. The van der Waals surface area contributed by atoms with Gasteiger partial charge in [0.1, 0.15) is 5.76 Å². The Hall–Kier alpha value is -2.08. The maximum absolute atomic E-state index is 12.8. The molecule has 2 fully saturated rings. The van der Waals surface area contributed by atoms with Crippen molar-refractivity contribution in [1.29, 1.82) is 0 Å². The zero-order valence-electron chi connectivity index (χ0n) is 14.8. The van der Waals surface area contributed by atoms with Crippen molar-refractivity contribution >= 4 is 5.91 Å². The largest absolute Gasteiger partial charge is 0.467 e. The van der Waals surface area contributed by atoms with E-state index < -0.39 is 0 Å². The highest BCUT2D eigenvalue weighted by atomic mass is 16.3. The third kappa shape index (κ3) is 3.23. The monoisotopic (exact) mass is 342 g/mol. The van der Waals surface area contributed by atoms with Crippen molar-refractivity contribution in [2.45, 2.75) is 38.8 Å². The summed E-state index contributed by atoms with van der Waals surface area (Å²) < 4.78 is 7.40. The summed E-state index contributed by atoms with van der Waals surface area (Å²) in [5.74, 6) is 1.12. The molecule has 1 saturated heterocycles. The lowest BCUT2D eigenvalue weighted by atomic mass is 9.76. The molecule has 6 nitrogen and oxygen atoms in total. The van der Waals surface area contributed by atoms with Crippen molar-refractivity contribution in [2.24, 2.45) is 18.4 Å². The maximum Gasteiger partial charge on any atom is 0.224 e. The van der Waals surface area contributed by atoms with E-state index in [-0.39, 0.29) is 17.2 Å². The van der Waals surface area contributed by atoms with Crippen molar-refractivity contribution in [3.05, 3.63) is 42.4 Å². The highest BCUT2D eigenvalue weighted by molar-refractivity contribution is 5.80. The SMILES string of the molecule is Cn1cncc1CN1CC[C@@]2(CCC[C@@H]2C(=O)NCc2ccco2)C1. The molecule has 0 aromatic carbocycles. The van der Waals surface area contributed by atoms with Gasteiger partial charge in [0.2, 0.25) is 5.91 Å². The summed E-state index contributed by atoms with van der Waals surface area (Å²) >= 11 is 0. The van der Waals surface area contributed by atoms with Crippen molar-refractivity contribution in [1.82, 2.24) is 19.8 Å². The van der Waals surface area contributed by atoms with Crippen LogP contribution in [0.15, 0.2) is 35.3 Å². The van der Waals surface area contributed by atoms with Gasteiger partial charge in [-0.25, -0.2) is 4.98 Å². The van der Waals surface area contributed by atoms with Crippen LogP contribution in [0.4, 0.5) is 0 Å². The standard InChI is InChI=1S/C19H26N4O2/c1-22-14-20-10-15(22)12-23-8-7-19(13-23)6-2-5-17(19)18(24)21-11-16-4-3-9-25-16/h3-4,9-10,14,17H,2,5-8,11-13H2,1H3,(H,21,24)/t17-,19+/m1/s1. The second-order valence-corrected chi connectivity index (χ2v) is 7.56. The first-order valence-corrected chi connectivity index (χ1v) is 9.14. The molecule has 1 N–H and O–H groups in total. The quantitative estimate of drug-likeness (QED) is 0.906. The van der Waals surface area contributed by atoms with Crippen LogP contribution in [0.2, 0.25) is 0 Å². The fraction of sp³-hybridized carbons (Fsp3) is 0.579. The first-order valence-electron chi connectivity index (χ1n) is 9.14. The van der Waals surface area contributed by atoms with E-state index in [4.69, 9.17) is 4.42 Å². The lowest BCUT2D eigenvalue weighted by Crippen LogP contribution is -2.40. The number of hydrogen-bond acceptors (Lipinski definition) is 4. The Labute approximate surface area is 148 Å². The zero-order chi connectivity index (χ0) is 17.3. The smallest absolute Gasteiger partial charge is 0.224 e. The molecule has 1 amide bonds. The predicted octanol–water partition coefficient (Wildman–Crippen LogP) is 2.32. The molecule has 1 aliphatic heterocycles. The summed E-state index contributed by atoms with van der Waals surface area (Å²) in [7, 11) is 2.04. The second kappa shape index (κ2) is 6.67. The van der Waals surface area contributed by atoms with E-state index in [1.165, 1.54) is 5.69 Å². The van der Waals surface area contributed by atoms with Crippen LogP contribution in [-0.4, -0.2) is 33.4 Å². The van der Waals surface area contributed by atoms with E-state index in [2.05, 4.69) is 19.8 Å². The molecule has 2 aromatic rings. The van der Waals surface area contributed by atoms with Gasteiger partial charge >= 0.3 is 0 Å². The minimum absolute atomic E-state index is 0.124. The number of hydrogen-bond donors (Lipinski definition) is 1. The normalized spacial score (nSPS) is 26.5. The summed E-state index contributed by atoms with van der Waals surface area (Å²) in [5, 5.41) is 3.08. The molecular formula is C19H26N4O2. The molecule has 1 aliphatic carbocycles. The number of carbonyl (C=O) groups is 1. The van der Waals surface area contributed by atoms with E-state index in [0.717, 1.165) is 51.1 Å². The zero-order valence-corrected chi connectivity index (χ0v) is 14.8. The van der Waals surface area contributed by atoms with Crippen LogP contribution in [-0.2, 0) is 24.9 Å². The van der Waals surface area contributed by atoms with Crippen LogP contribution in [0.25, 0.3) is 0 Å². The minimum atomic E-state index is 0.124. The number of carbonyl (C=O) groups excluding carboxylic acids is 1. The summed E-state index contributed by atoms with van der Waals surface area (Å²) in [6.07, 6.45) is 9.86. The highest BCUT2D eigenvalue weighted by Gasteiger charge is 2.50. The Kier molecular flexibility index (Phi) is 4.37. The number of nitrogens with zero attached hydrogens (tertiary/aromatic N) is 3. The van der Waals surface area contributed by atoms with Gasteiger partial charge < -0.3 is 14.3 Å². The third-order valence-corrected chi connectivity index (χ3v) is 6.01. The Morgan fingerprint density at radius 2 is 2.40 bits per heavy atom. The van der Waals surface area contributed by atoms with Gasteiger partial charge in [-0.2, -0.15) is 0 Å². The van der Waals surface area contributed by atoms with E-state index in [1.54, 1.807) is 6.26 Å². The van der Waals surface area contributed by atoms with Gasteiger partial charge in [0.05, 0.1) is 24.8 Å². The van der Waals surface area contributed by atoms with Crippen molar-refractivity contribution < 1.29 is 9.21 Å². The first kappa shape index (κ1) is 16.4. The van der Waals surface area contributed by atoms with Crippen molar-refractivity contribution in [3.63, 3.8) is 0 Å². The van der Waals surface area contributed by atoms with Crippen LogP contribution in [0, 0.1) is 11.3 Å². The number of amides is 1. The Morgan fingerprint density at radius 3 is 3.16 bits per heavy atom. The lowest BCUT2D eigenvalue weighted by Gasteiger charge is -2.30. The molecule has 2 aliphatic rings. The molecule has 4 rings (SSSR count). The summed E-state index contributed by atoms with van der Waals surface area (Å²) in [5.41, 5.74) is 1.38. The molecule has 1 spiro atoms. The summed E-state index contributed by atoms with van der Waals surface area (Å²) in [4.78, 5) is 19.5. The predicted molar refractivity (Wildman–Crippen MR) is 93.4 cm³/mol. The van der Waals surface area contributed by atoms with Gasteiger partial charge in [-0.05, 0) is 43.4 Å². The van der Waals surface area contributed by atoms with Gasteiger partial charge in [-0.1, -0.05) is 6.42 Å². The van der Waals surface area contributed by atoms with Gasteiger partial charge in [-0.15, -0.1) is 0 Å². The summed E-state index contributed by atoms with van der Waals surface area (Å²) in [6, 6.07) is 3.75. The lowest BCUT2D eigenvalue weighted by molar-refractivity contribution is -0.128. The maximum atomic E-state index is 12.8. The molecule has 2 aromatic heterocycles. The topological polar surface area (TPSA) is 63.3 Å². The van der Waals surface area contributed by atoms with E-state index in [9.17, 15) is 4.79 Å². The van der Waals surface area contributed by atoms with Crippen LogP contribution in [0.1, 0.15) is 37.1 Å². The third-order valence-electron chi connectivity index (χ3n) is 6.01. The fourth-order valence-corrected chi connectivity index (χ4v) is 4.63. The molecule has 0 radical (unpaired) electrons.